The van der Waals surface area contributed by atoms with Gasteiger partial charge in [0.25, 0.3) is 0 Å². The number of furan rings is 1. The van der Waals surface area contributed by atoms with E-state index in [-0.39, 0.29) is 6.04 Å². The molecule has 0 radical (unpaired) electrons. The predicted molar refractivity (Wildman–Crippen MR) is 61.9 cm³/mol. The Morgan fingerprint density at radius 1 is 1.47 bits per heavy atom. The number of hydrogen-bond donors (Lipinski definition) is 1. The normalized spacial score (nSPS) is 13.1. The van der Waals surface area contributed by atoms with Crippen LogP contribution in [-0.4, -0.2) is 4.98 Å². The molecule has 80 valence electrons. The molecule has 4 heteroatoms. The molecule has 2 N–H and O–H groups in total. The van der Waals surface area contributed by atoms with E-state index in [4.69, 9.17) is 10.2 Å². The first-order valence-electron chi connectivity index (χ1n) is 4.87. The van der Waals surface area contributed by atoms with E-state index in [0.29, 0.717) is 0 Å². The molecule has 0 aliphatic carbocycles. The van der Waals surface area contributed by atoms with Crippen molar-refractivity contribution in [1.29, 1.82) is 0 Å². The lowest BCUT2D eigenvalue weighted by atomic mass is 10.2. The number of thiazole rings is 1. The fraction of sp³-hybridized carbons (Fsp3) is 0.364. The summed E-state index contributed by atoms with van der Waals surface area (Å²) in [5.41, 5.74) is 7.97. The molecule has 15 heavy (non-hydrogen) atoms. The topological polar surface area (TPSA) is 52.0 Å². The van der Waals surface area contributed by atoms with E-state index < -0.39 is 0 Å². The van der Waals surface area contributed by atoms with Crippen LogP contribution in [0.1, 0.15) is 29.1 Å². The fourth-order valence-corrected chi connectivity index (χ4v) is 2.59. The van der Waals surface area contributed by atoms with Crippen molar-refractivity contribution < 1.29 is 4.42 Å². The van der Waals surface area contributed by atoms with Crippen LogP contribution in [0.25, 0.3) is 10.8 Å². The predicted octanol–water partition coefficient (Wildman–Crippen LogP) is 3.04. The van der Waals surface area contributed by atoms with Gasteiger partial charge in [-0.1, -0.05) is 0 Å². The van der Waals surface area contributed by atoms with Gasteiger partial charge in [-0.05, 0) is 32.4 Å². The second kappa shape index (κ2) is 3.79. The van der Waals surface area contributed by atoms with Crippen molar-refractivity contribution in [3.05, 3.63) is 28.5 Å². The van der Waals surface area contributed by atoms with Gasteiger partial charge in [0.15, 0.2) is 10.8 Å². The number of hydrogen-bond acceptors (Lipinski definition) is 4. The fourth-order valence-electron chi connectivity index (χ4n) is 1.52. The molecular weight excluding hydrogens is 208 g/mol. The van der Waals surface area contributed by atoms with Crippen LogP contribution in [-0.2, 0) is 0 Å². The Balaban J connectivity index is 2.47. The van der Waals surface area contributed by atoms with Gasteiger partial charge in [-0.2, -0.15) is 0 Å². The quantitative estimate of drug-likeness (QED) is 0.849. The monoisotopic (exact) mass is 222 g/mol. The summed E-state index contributed by atoms with van der Waals surface area (Å²) in [5, 5.41) is 0.919. The van der Waals surface area contributed by atoms with E-state index in [1.165, 1.54) is 0 Å². The van der Waals surface area contributed by atoms with E-state index in [9.17, 15) is 0 Å². The highest BCUT2D eigenvalue weighted by molar-refractivity contribution is 7.15. The Morgan fingerprint density at radius 2 is 2.20 bits per heavy atom. The third-order valence-electron chi connectivity index (χ3n) is 2.30. The highest BCUT2D eigenvalue weighted by atomic mass is 32.1. The lowest BCUT2D eigenvalue weighted by Crippen LogP contribution is -2.03. The molecule has 2 rings (SSSR count). The van der Waals surface area contributed by atoms with Gasteiger partial charge in [-0.15, -0.1) is 11.3 Å². The molecular formula is C11H14N2OS. The summed E-state index contributed by atoms with van der Waals surface area (Å²) < 4.78 is 5.41. The molecule has 3 nitrogen and oxygen atoms in total. The van der Waals surface area contributed by atoms with E-state index in [2.05, 4.69) is 4.98 Å². The van der Waals surface area contributed by atoms with Gasteiger partial charge < -0.3 is 10.2 Å². The number of nitrogens with zero attached hydrogens (tertiary/aromatic N) is 1. The Hall–Kier alpha value is -1.13. The summed E-state index contributed by atoms with van der Waals surface area (Å²) >= 11 is 1.61. The first kappa shape index (κ1) is 10.4. The summed E-state index contributed by atoms with van der Waals surface area (Å²) in [6.45, 7) is 5.97. The van der Waals surface area contributed by atoms with Crippen LogP contribution in [0.2, 0.25) is 0 Å². The zero-order valence-corrected chi connectivity index (χ0v) is 9.89. The third kappa shape index (κ3) is 1.82. The molecule has 2 aromatic rings. The summed E-state index contributed by atoms with van der Waals surface area (Å²) in [6, 6.07) is 1.98. The van der Waals surface area contributed by atoms with Crippen molar-refractivity contribution in [3.63, 3.8) is 0 Å². The molecule has 1 atom stereocenters. The van der Waals surface area contributed by atoms with Crippen molar-refractivity contribution >= 4 is 11.3 Å². The van der Waals surface area contributed by atoms with Crippen LogP contribution in [0.3, 0.4) is 0 Å². The minimum absolute atomic E-state index is 0.0338. The summed E-state index contributed by atoms with van der Waals surface area (Å²) in [5.74, 6) is 0.856. The molecule has 0 fully saturated rings. The first-order chi connectivity index (χ1) is 7.09. The van der Waals surface area contributed by atoms with Crippen LogP contribution in [0, 0.1) is 13.8 Å². The Kier molecular flexibility index (Phi) is 2.63. The minimum Gasteiger partial charge on any atom is -0.462 e. The van der Waals surface area contributed by atoms with Crippen molar-refractivity contribution in [2.45, 2.75) is 26.8 Å². The van der Waals surface area contributed by atoms with Crippen LogP contribution in [0.15, 0.2) is 16.7 Å². The maximum absolute atomic E-state index is 5.86. The van der Waals surface area contributed by atoms with E-state index in [0.717, 1.165) is 26.9 Å². The average Bonchev–Trinajstić information content (AvgIpc) is 2.71. The number of aromatic nitrogens is 1. The second-order valence-corrected chi connectivity index (χ2v) is 4.72. The van der Waals surface area contributed by atoms with E-state index in [1.807, 2.05) is 26.8 Å². The van der Waals surface area contributed by atoms with Crippen molar-refractivity contribution in [3.8, 4) is 10.8 Å². The molecule has 2 aromatic heterocycles. The van der Waals surface area contributed by atoms with Crippen LogP contribution >= 0.6 is 11.3 Å². The Morgan fingerprint density at radius 3 is 2.67 bits per heavy atom. The highest BCUT2D eigenvalue weighted by Crippen LogP contribution is 2.32. The molecule has 0 saturated carbocycles. The van der Waals surface area contributed by atoms with E-state index >= 15 is 0 Å². The molecule has 0 bridgehead atoms. The van der Waals surface area contributed by atoms with Gasteiger partial charge in [0.05, 0.1) is 12.0 Å². The Labute approximate surface area is 92.9 Å². The van der Waals surface area contributed by atoms with Crippen molar-refractivity contribution in [2.24, 2.45) is 5.73 Å². The van der Waals surface area contributed by atoms with Gasteiger partial charge in [-0.25, -0.2) is 4.98 Å². The van der Waals surface area contributed by atoms with Crippen LogP contribution < -0.4 is 5.73 Å². The average molecular weight is 222 g/mol. The molecule has 0 aliphatic heterocycles. The molecule has 0 saturated heterocycles. The van der Waals surface area contributed by atoms with Gasteiger partial charge in [0.1, 0.15) is 0 Å². The minimum atomic E-state index is 0.0338. The molecule has 0 amide bonds. The maximum Gasteiger partial charge on any atom is 0.165 e. The van der Waals surface area contributed by atoms with Crippen molar-refractivity contribution in [1.82, 2.24) is 4.98 Å². The molecule has 2 heterocycles. The smallest absolute Gasteiger partial charge is 0.165 e. The Bertz CT molecular complexity index is 471. The molecule has 0 spiro atoms. The molecule has 0 aromatic carbocycles. The van der Waals surface area contributed by atoms with Gasteiger partial charge in [-0.3, -0.25) is 0 Å². The lowest BCUT2D eigenvalue weighted by molar-refractivity contribution is 0.580. The number of rotatable bonds is 2. The zero-order valence-electron chi connectivity index (χ0n) is 9.07. The maximum atomic E-state index is 5.86. The number of aryl methyl sites for hydroxylation is 2. The van der Waals surface area contributed by atoms with Gasteiger partial charge in [0, 0.05) is 10.9 Å². The van der Waals surface area contributed by atoms with Gasteiger partial charge >= 0.3 is 0 Å². The summed E-state index contributed by atoms with van der Waals surface area (Å²) in [4.78, 5) is 5.61. The SMILES string of the molecule is Cc1ccoc1-c1nc(C)c(C(C)N)s1. The third-order valence-corrected chi connectivity index (χ3v) is 3.66. The summed E-state index contributed by atoms with van der Waals surface area (Å²) in [7, 11) is 0. The largest absolute Gasteiger partial charge is 0.462 e. The van der Waals surface area contributed by atoms with E-state index in [1.54, 1.807) is 17.6 Å². The number of nitrogens with two attached hydrogens (primary N) is 1. The van der Waals surface area contributed by atoms with Crippen LogP contribution in [0.4, 0.5) is 0 Å². The zero-order chi connectivity index (χ0) is 11.0. The summed E-state index contributed by atoms with van der Waals surface area (Å²) in [6.07, 6.45) is 1.69. The highest BCUT2D eigenvalue weighted by Gasteiger charge is 2.15. The molecule has 1 unspecified atom stereocenters. The second-order valence-electron chi connectivity index (χ2n) is 3.69. The van der Waals surface area contributed by atoms with Gasteiger partial charge in [0.2, 0.25) is 0 Å². The standard InChI is InChI=1S/C11H14N2OS/c1-6-4-5-14-9(6)11-13-8(3)10(15-11)7(2)12/h4-5,7H,12H2,1-3H3. The lowest BCUT2D eigenvalue weighted by Gasteiger charge is -1.99. The molecule has 0 aliphatic rings. The van der Waals surface area contributed by atoms with Crippen molar-refractivity contribution in [2.75, 3.05) is 0 Å². The van der Waals surface area contributed by atoms with Crippen LogP contribution in [0.5, 0.6) is 0 Å². The first-order valence-corrected chi connectivity index (χ1v) is 5.68.